The predicted octanol–water partition coefficient (Wildman–Crippen LogP) is 3.22. The van der Waals surface area contributed by atoms with Gasteiger partial charge < -0.3 is 20.7 Å². The minimum absolute atomic E-state index is 0.0720. The monoisotopic (exact) mass is 441 g/mol. The normalized spacial score (nSPS) is 19.4. The Kier molecular flexibility index (Phi) is 6.16. The van der Waals surface area contributed by atoms with Gasteiger partial charge in [-0.1, -0.05) is 66.7 Å². The first-order chi connectivity index (χ1) is 16.1. The maximum absolute atomic E-state index is 13.3. The van der Waals surface area contributed by atoms with Gasteiger partial charge >= 0.3 is 0 Å². The minimum Gasteiger partial charge on any atom is -0.485 e. The van der Waals surface area contributed by atoms with E-state index in [1.807, 2.05) is 35.2 Å². The average Bonchev–Trinajstić information content (AvgIpc) is 2.86. The number of fused-ring (bicyclic) bond motifs is 1. The Bertz CT molecular complexity index is 1050. The van der Waals surface area contributed by atoms with Crippen LogP contribution in [0.25, 0.3) is 0 Å². The van der Waals surface area contributed by atoms with Gasteiger partial charge in [0.05, 0.1) is 0 Å². The second-order valence-corrected chi connectivity index (χ2v) is 9.13. The lowest BCUT2D eigenvalue weighted by molar-refractivity contribution is 0.0268. The van der Waals surface area contributed by atoms with Gasteiger partial charge in [0.2, 0.25) is 0 Å². The molecule has 0 bridgehead atoms. The molecule has 1 saturated heterocycles. The molecule has 5 heteroatoms. The number of amides is 1. The summed E-state index contributed by atoms with van der Waals surface area (Å²) in [5.41, 5.74) is 10.4. The number of nitrogens with zero attached hydrogens (tertiary/aromatic N) is 1. The van der Waals surface area contributed by atoms with Crippen LogP contribution in [0.15, 0.2) is 78.9 Å². The first-order valence-corrected chi connectivity index (χ1v) is 11.8. The largest absolute Gasteiger partial charge is 0.485 e. The highest BCUT2D eigenvalue weighted by Crippen LogP contribution is 2.39. The quantitative estimate of drug-likeness (QED) is 0.638. The lowest BCUT2D eigenvalue weighted by atomic mass is 9.77. The fraction of sp³-hybridized carbons (Fsp3) is 0.321. The van der Waals surface area contributed by atoms with Gasteiger partial charge in [0.15, 0.2) is 0 Å². The lowest BCUT2D eigenvalue weighted by Crippen LogP contribution is -2.59. The summed E-state index contributed by atoms with van der Waals surface area (Å²) in [5, 5.41) is 3.31. The summed E-state index contributed by atoms with van der Waals surface area (Å²) in [5.74, 6) is 0.854. The minimum atomic E-state index is -0.591. The van der Waals surface area contributed by atoms with Crippen LogP contribution in [-0.4, -0.2) is 48.6 Å². The molecule has 0 saturated carbocycles. The van der Waals surface area contributed by atoms with Crippen molar-refractivity contribution in [3.8, 4) is 5.75 Å². The van der Waals surface area contributed by atoms with Crippen molar-refractivity contribution in [3.63, 3.8) is 0 Å². The van der Waals surface area contributed by atoms with E-state index in [0.717, 1.165) is 43.1 Å². The number of rotatable bonds is 5. The third kappa shape index (κ3) is 4.52. The van der Waals surface area contributed by atoms with Crippen molar-refractivity contribution in [2.24, 2.45) is 5.73 Å². The van der Waals surface area contributed by atoms with Crippen molar-refractivity contribution in [2.75, 3.05) is 26.2 Å². The Morgan fingerprint density at radius 3 is 2.12 bits per heavy atom. The van der Waals surface area contributed by atoms with Crippen LogP contribution in [-0.2, 0) is 19.3 Å². The van der Waals surface area contributed by atoms with Crippen LogP contribution in [0.4, 0.5) is 0 Å². The Hall–Kier alpha value is -3.15. The molecule has 1 amide bonds. The molecule has 3 N–H and O–H groups in total. The first kappa shape index (κ1) is 21.7. The van der Waals surface area contributed by atoms with E-state index in [1.165, 1.54) is 11.1 Å². The van der Waals surface area contributed by atoms with Gasteiger partial charge in [-0.2, -0.15) is 0 Å². The van der Waals surface area contributed by atoms with Gasteiger partial charge in [-0.25, -0.2) is 0 Å². The molecule has 5 nitrogen and oxygen atoms in total. The Labute approximate surface area is 195 Å². The van der Waals surface area contributed by atoms with E-state index in [9.17, 15) is 4.79 Å². The first-order valence-electron chi connectivity index (χ1n) is 11.8. The number of nitrogens with two attached hydrogens (primary N) is 1. The van der Waals surface area contributed by atoms with Gasteiger partial charge in [-0.15, -0.1) is 0 Å². The van der Waals surface area contributed by atoms with E-state index in [2.05, 4.69) is 53.8 Å². The maximum atomic E-state index is 13.3. The molecule has 0 aromatic heterocycles. The molecule has 5 rings (SSSR count). The molecular formula is C28H31N3O2. The van der Waals surface area contributed by atoms with Crippen LogP contribution >= 0.6 is 0 Å². The molecular weight excluding hydrogens is 410 g/mol. The predicted molar refractivity (Wildman–Crippen MR) is 131 cm³/mol. The topological polar surface area (TPSA) is 67.6 Å². The van der Waals surface area contributed by atoms with E-state index >= 15 is 0 Å². The summed E-state index contributed by atoms with van der Waals surface area (Å²) in [6, 6.07) is 26.4. The van der Waals surface area contributed by atoms with Crippen LogP contribution in [0.5, 0.6) is 5.75 Å². The average molecular weight is 442 g/mol. The Morgan fingerprint density at radius 2 is 1.52 bits per heavy atom. The summed E-state index contributed by atoms with van der Waals surface area (Å²) in [6.45, 7) is 3.10. The number of piperazine rings is 1. The highest BCUT2D eigenvalue weighted by molar-refractivity contribution is 5.96. The Morgan fingerprint density at radius 1 is 0.909 bits per heavy atom. The SMILES string of the molecule is NC1Cc2c(cccc2C(=O)N2CCNCC2)OC1(Cc1ccccc1)Cc1ccccc1. The smallest absolute Gasteiger partial charge is 0.254 e. The van der Waals surface area contributed by atoms with Crippen molar-refractivity contribution in [2.45, 2.75) is 30.9 Å². The van der Waals surface area contributed by atoms with Gasteiger partial charge in [-0.3, -0.25) is 4.79 Å². The highest BCUT2D eigenvalue weighted by atomic mass is 16.5. The van der Waals surface area contributed by atoms with Crippen molar-refractivity contribution >= 4 is 5.91 Å². The van der Waals surface area contributed by atoms with Crippen molar-refractivity contribution in [1.82, 2.24) is 10.2 Å². The molecule has 3 aromatic carbocycles. The molecule has 1 fully saturated rings. The number of carbonyl (C=O) groups is 1. The van der Waals surface area contributed by atoms with E-state index < -0.39 is 5.60 Å². The second kappa shape index (κ2) is 9.38. The number of carbonyl (C=O) groups excluding carboxylic acids is 1. The molecule has 2 aliphatic heterocycles. The molecule has 0 aliphatic carbocycles. The molecule has 2 aliphatic rings. The molecule has 0 radical (unpaired) electrons. The number of ether oxygens (including phenoxy) is 1. The summed E-state index contributed by atoms with van der Waals surface area (Å²) >= 11 is 0. The standard InChI is InChI=1S/C28H31N3O2/c29-26-18-24-23(27(32)31-16-14-30-15-17-31)12-7-13-25(24)33-28(26,19-21-8-3-1-4-9-21)20-22-10-5-2-6-11-22/h1-13,26,30H,14-20,29H2. The van der Waals surface area contributed by atoms with Gasteiger partial charge in [-0.05, 0) is 29.7 Å². The van der Waals surface area contributed by atoms with Gasteiger partial charge in [0.25, 0.3) is 5.91 Å². The second-order valence-electron chi connectivity index (χ2n) is 9.13. The Balaban J connectivity index is 1.50. The molecule has 0 spiro atoms. The summed E-state index contributed by atoms with van der Waals surface area (Å²) < 4.78 is 6.81. The van der Waals surface area contributed by atoms with E-state index in [4.69, 9.17) is 10.5 Å². The van der Waals surface area contributed by atoms with Crippen molar-refractivity contribution in [1.29, 1.82) is 0 Å². The van der Waals surface area contributed by atoms with Crippen LogP contribution in [0, 0.1) is 0 Å². The lowest BCUT2D eigenvalue weighted by Gasteiger charge is -2.44. The molecule has 1 atom stereocenters. The fourth-order valence-corrected chi connectivity index (χ4v) is 5.09. The summed E-state index contributed by atoms with van der Waals surface area (Å²) in [4.78, 5) is 15.2. The zero-order valence-electron chi connectivity index (χ0n) is 18.9. The number of benzene rings is 3. The molecule has 3 aromatic rings. The van der Waals surface area contributed by atoms with E-state index in [-0.39, 0.29) is 11.9 Å². The highest BCUT2D eigenvalue weighted by Gasteiger charge is 2.44. The van der Waals surface area contributed by atoms with E-state index in [1.54, 1.807) is 0 Å². The van der Waals surface area contributed by atoms with Crippen LogP contribution in [0.3, 0.4) is 0 Å². The van der Waals surface area contributed by atoms with E-state index in [0.29, 0.717) is 19.3 Å². The fourth-order valence-electron chi connectivity index (χ4n) is 5.09. The number of hydrogen-bond donors (Lipinski definition) is 2. The van der Waals surface area contributed by atoms with Crippen molar-refractivity contribution < 1.29 is 9.53 Å². The van der Waals surface area contributed by atoms with Crippen LogP contribution in [0.1, 0.15) is 27.0 Å². The molecule has 1 unspecified atom stereocenters. The van der Waals surface area contributed by atoms with Crippen LogP contribution in [0.2, 0.25) is 0 Å². The third-order valence-corrected chi connectivity index (χ3v) is 6.87. The zero-order chi connectivity index (χ0) is 22.7. The van der Waals surface area contributed by atoms with Gasteiger partial charge in [0, 0.05) is 56.2 Å². The zero-order valence-corrected chi connectivity index (χ0v) is 18.9. The molecule has 170 valence electrons. The van der Waals surface area contributed by atoms with Crippen LogP contribution < -0.4 is 15.8 Å². The van der Waals surface area contributed by atoms with Gasteiger partial charge in [0.1, 0.15) is 11.4 Å². The van der Waals surface area contributed by atoms with Crippen molar-refractivity contribution in [3.05, 3.63) is 101 Å². The molecule has 2 heterocycles. The summed E-state index contributed by atoms with van der Waals surface area (Å²) in [7, 11) is 0. The number of hydrogen-bond acceptors (Lipinski definition) is 4. The summed E-state index contributed by atoms with van der Waals surface area (Å²) in [6.07, 6.45) is 2.03. The molecule has 33 heavy (non-hydrogen) atoms. The number of nitrogens with one attached hydrogen (secondary N) is 1. The third-order valence-electron chi connectivity index (χ3n) is 6.87. The maximum Gasteiger partial charge on any atom is 0.254 e.